The summed E-state index contributed by atoms with van der Waals surface area (Å²) in [4.78, 5) is 35.3. The van der Waals surface area contributed by atoms with Gasteiger partial charge in [-0.15, -0.1) is 0 Å². The number of methoxy groups -OCH3 is 1. The number of hydrogen-bond donors (Lipinski definition) is 1. The maximum Gasteiger partial charge on any atom is 0.333 e. The summed E-state index contributed by atoms with van der Waals surface area (Å²) in [7, 11) is 1.22. The number of fused-ring (bicyclic) bond motifs is 3. The van der Waals surface area contributed by atoms with E-state index >= 15 is 0 Å². The number of imidazole rings is 1. The van der Waals surface area contributed by atoms with Crippen LogP contribution in [0.25, 0.3) is 22.1 Å². The molecule has 4 rings (SSSR count). The number of aromatic nitrogens is 4. The Labute approximate surface area is 195 Å². The highest BCUT2D eigenvalue weighted by molar-refractivity contribution is 6.01. The van der Waals surface area contributed by atoms with E-state index in [-0.39, 0.29) is 6.79 Å². The summed E-state index contributed by atoms with van der Waals surface area (Å²) >= 11 is 0. The zero-order chi connectivity index (χ0) is 24.1. The second-order valence-electron chi connectivity index (χ2n) is 8.02. The third-order valence-corrected chi connectivity index (χ3v) is 5.90. The molecule has 1 aliphatic rings. The fourth-order valence-electron chi connectivity index (χ4n) is 4.10. The van der Waals surface area contributed by atoms with Crippen molar-refractivity contribution in [1.29, 1.82) is 5.26 Å². The molecule has 34 heavy (non-hydrogen) atoms. The smallest absolute Gasteiger partial charge is 0.333 e. The van der Waals surface area contributed by atoms with Crippen molar-refractivity contribution >= 4 is 34.0 Å². The average Bonchev–Trinajstić information content (AvgIpc) is 3.47. The predicted octanol–water partition coefficient (Wildman–Crippen LogP) is 2.48. The molecule has 1 N–H and O–H groups in total. The van der Waals surface area contributed by atoms with Crippen LogP contribution >= 0.6 is 0 Å². The number of carbonyl (C=O) groups is 2. The van der Waals surface area contributed by atoms with Crippen molar-refractivity contribution in [3.8, 4) is 6.07 Å². The average molecular weight is 466 g/mol. The van der Waals surface area contributed by atoms with Crippen LogP contribution < -0.4 is 5.01 Å². The molecule has 3 aromatic rings. The number of nitrogens with one attached hydrogen (secondary N) is 1. The van der Waals surface area contributed by atoms with Crippen LogP contribution in [0.5, 0.6) is 0 Å². The lowest BCUT2D eigenvalue weighted by Crippen LogP contribution is -2.42. The third-order valence-electron chi connectivity index (χ3n) is 5.90. The number of H-pyrrole nitrogens is 1. The number of piperidine rings is 1. The summed E-state index contributed by atoms with van der Waals surface area (Å²) in [6, 6.07) is 4.24. The minimum absolute atomic E-state index is 0.309. The van der Waals surface area contributed by atoms with Crippen LogP contribution in [-0.4, -0.2) is 58.6 Å². The molecule has 1 fully saturated rings. The summed E-state index contributed by atoms with van der Waals surface area (Å²) in [6.45, 7) is 3.08. The molecule has 4 heterocycles. The van der Waals surface area contributed by atoms with Crippen LogP contribution in [0.4, 0.5) is 0 Å². The van der Waals surface area contributed by atoms with Crippen LogP contribution in [-0.2, 0) is 23.8 Å². The molecule has 0 aromatic carbocycles. The van der Waals surface area contributed by atoms with Gasteiger partial charge in [0.1, 0.15) is 22.8 Å². The van der Waals surface area contributed by atoms with Gasteiger partial charge in [0.2, 0.25) is 0 Å². The minimum Gasteiger partial charge on any atom is -0.466 e. The van der Waals surface area contributed by atoms with Crippen molar-refractivity contribution in [3.63, 3.8) is 0 Å². The molecular weight excluding hydrogens is 440 g/mol. The first-order chi connectivity index (χ1) is 16.5. The topological polar surface area (TPSA) is 135 Å². The number of ether oxygens (including phenoxy) is 3. The van der Waals surface area contributed by atoms with E-state index in [9.17, 15) is 9.59 Å². The highest BCUT2D eigenvalue weighted by Crippen LogP contribution is 2.30. The lowest BCUT2D eigenvalue weighted by atomic mass is 9.95. The SMILES string of the molecule is COC(=O)/C=C/C(=O)OCOC(C)c1nc2cnc3[nH]ccc3c2n1N1CCC(CC#N)CC1. The maximum atomic E-state index is 11.8. The van der Waals surface area contributed by atoms with Gasteiger partial charge in [-0.05, 0) is 31.7 Å². The van der Waals surface area contributed by atoms with Crippen molar-refractivity contribution < 1.29 is 23.8 Å². The van der Waals surface area contributed by atoms with Crippen LogP contribution in [0, 0.1) is 17.2 Å². The van der Waals surface area contributed by atoms with Crippen molar-refractivity contribution in [3.05, 3.63) is 36.4 Å². The Morgan fingerprint density at radius 1 is 1.32 bits per heavy atom. The monoisotopic (exact) mass is 466 g/mol. The van der Waals surface area contributed by atoms with E-state index in [2.05, 4.69) is 30.5 Å². The van der Waals surface area contributed by atoms with Gasteiger partial charge in [-0.25, -0.2) is 24.2 Å². The number of nitriles is 1. The van der Waals surface area contributed by atoms with Gasteiger partial charge < -0.3 is 24.2 Å². The zero-order valence-electron chi connectivity index (χ0n) is 19.1. The molecule has 0 radical (unpaired) electrons. The van der Waals surface area contributed by atoms with Gasteiger partial charge in [0, 0.05) is 43.2 Å². The normalized spacial score (nSPS) is 15.6. The van der Waals surface area contributed by atoms with Gasteiger partial charge >= 0.3 is 11.9 Å². The van der Waals surface area contributed by atoms with Crippen molar-refractivity contribution in [2.45, 2.75) is 32.3 Å². The van der Waals surface area contributed by atoms with E-state index in [4.69, 9.17) is 19.7 Å². The fraction of sp³-hybridized carbons (Fsp3) is 0.435. The number of hydrogen-bond acceptors (Lipinski definition) is 9. The molecule has 0 saturated carbocycles. The predicted molar refractivity (Wildman–Crippen MR) is 122 cm³/mol. The number of nitrogens with zero attached hydrogens (tertiary/aromatic N) is 5. The Bertz CT molecular complexity index is 1250. The molecule has 1 unspecified atom stereocenters. The first kappa shape index (κ1) is 23.3. The van der Waals surface area contributed by atoms with Crippen LogP contribution in [0.15, 0.2) is 30.6 Å². The molecule has 0 aliphatic carbocycles. The Morgan fingerprint density at radius 2 is 2.09 bits per heavy atom. The lowest BCUT2D eigenvalue weighted by Gasteiger charge is -2.35. The van der Waals surface area contributed by atoms with Gasteiger partial charge in [-0.1, -0.05) is 0 Å². The van der Waals surface area contributed by atoms with E-state index < -0.39 is 18.0 Å². The first-order valence-corrected chi connectivity index (χ1v) is 11.0. The summed E-state index contributed by atoms with van der Waals surface area (Å²) in [5.41, 5.74) is 2.42. The second kappa shape index (κ2) is 10.4. The number of carbonyl (C=O) groups excluding carboxylic acids is 2. The largest absolute Gasteiger partial charge is 0.466 e. The van der Waals surface area contributed by atoms with Crippen LogP contribution in [0.3, 0.4) is 0 Å². The maximum absolute atomic E-state index is 11.8. The first-order valence-electron chi connectivity index (χ1n) is 11.0. The quantitative estimate of drug-likeness (QED) is 0.302. The van der Waals surface area contributed by atoms with Gasteiger partial charge in [0.25, 0.3) is 0 Å². The highest BCUT2D eigenvalue weighted by atomic mass is 16.7. The molecule has 1 saturated heterocycles. The Balaban J connectivity index is 1.56. The Morgan fingerprint density at radius 3 is 2.82 bits per heavy atom. The Kier molecular flexibility index (Phi) is 7.08. The highest BCUT2D eigenvalue weighted by Gasteiger charge is 2.27. The molecule has 3 aromatic heterocycles. The molecule has 1 aliphatic heterocycles. The molecular formula is C23H26N6O5. The molecule has 178 valence electrons. The molecule has 0 bridgehead atoms. The molecule has 11 nitrogen and oxygen atoms in total. The van der Waals surface area contributed by atoms with E-state index in [1.165, 1.54) is 7.11 Å². The second-order valence-corrected chi connectivity index (χ2v) is 8.02. The van der Waals surface area contributed by atoms with Crippen molar-refractivity contribution in [2.75, 3.05) is 32.0 Å². The molecule has 11 heteroatoms. The number of esters is 2. The van der Waals surface area contributed by atoms with Gasteiger partial charge in [0.15, 0.2) is 12.6 Å². The van der Waals surface area contributed by atoms with E-state index in [1.54, 1.807) is 6.20 Å². The van der Waals surface area contributed by atoms with E-state index in [0.717, 1.165) is 60.1 Å². The van der Waals surface area contributed by atoms with E-state index in [0.29, 0.717) is 18.2 Å². The standard InChI is InChI=1S/C23H26N6O5/c1-15(33-14-34-20(31)4-3-19(30)32-2)23-27-18-13-26-22-17(6-10-25-22)21(18)29(23)28-11-7-16(5-9-24)8-12-28/h3-4,6,10,13,15-16H,5,7-8,11-12,14H2,1-2H3,(H,25,26)/b4-3+. The van der Waals surface area contributed by atoms with Gasteiger partial charge in [0.05, 0.1) is 19.4 Å². The summed E-state index contributed by atoms with van der Waals surface area (Å²) in [5.74, 6) is -0.322. The lowest BCUT2D eigenvalue weighted by molar-refractivity contribution is -0.155. The number of aromatic amines is 1. The molecule has 1 atom stereocenters. The number of rotatable bonds is 8. The van der Waals surface area contributed by atoms with E-state index in [1.807, 2.05) is 19.2 Å². The van der Waals surface area contributed by atoms with Gasteiger partial charge in [-0.2, -0.15) is 5.26 Å². The Hall–Kier alpha value is -3.91. The van der Waals surface area contributed by atoms with Crippen LogP contribution in [0.2, 0.25) is 0 Å². The van der Waals surface area contributed by atoms with Crippen molar-refractivity contribution in [2.24, 2.45) is 5.92 Å². The third kappa shape index (κ3) is 4.87. The van der Waals surface area contributed by atoms with Crippen LogP contribution in [0.1, 0.15) is 38.1 Å². The summed E-state index contributed by atoms with van der Waals surface area (Å²) in [5, 5.41) is 12.2. The van der Waals surface area contributed by atoms with Gasteiger partial charge in [-0.3, -0.25) is 0 Å². The molecule has 0 amide bonds. The zero-order valence-corrected chi connectivity index (χ0v) is 19.1. The number of pyridine rings is 1. The summed E-state index contributed by atoms with van der Waals surface area (Å²) in [6.07, 6.45) is 7.41. The summed E-state index contributed by atoms with van der Waals surface area (Å²) < 4.78 is 17.3. The minimum atomic E-state index is -0.719. The molecule has 0 spiro atoms. The fourth-order valence-corrected chi connectivity index (χ4v) is 4.10. The van der Waals surface area contributed by atoms with Crippen molar-refractivity contribution in [1.82, 2.24) is 19.6 Å².